The predicted molar refractivity (Wildman–Crippen MR) is 76.3 cm³/mol. The van der Waals surface area contributed by atoms with Crippen LogP contribution < -0.4 is 4.74 Å². The minimum absolute atomic E-state index is 0.389. The fourth-order valence-corrected chi connectivity index (χ4v) is 2.08. The van der Waals surface area contributed by atoms with Crippen LogP contribution >= 0.6 is 11.6 Å². The van der Waals surface area contributed by atoms with Gasteiger partial charge in [-0.25, -0.2) is 4.98 Å². The lowest BCUT2D eigenvalue weighted by Gasteiger charge is -2.13. The summed E-state index contributed by atoms with van der Waals surface area (Å²) in [6.07, 6.45) is 1.94. The number of nitrogens with zero attached hydrogens (tertiary/aromatic N) is 1. The molecule has 0 aliphatic rings. The van der Waals surface area contributed by atoms with Gasteiger partial charge in [-0.2, -0.15) is 0 Å². The minimum atomic E-state index is -0.881. The van der Waals surface area contributed by atoms with Crippen LogP contribution in [0.1, 0.15) is 17.0 Å². The molecule has 20 heavy (non-hydrogen) atoms. The van der Waals surface area contributed by atoms with Crippen molar-refractivity contribution >= 4 is 17.6 Å². The molecule has 0 amide bonds. The fourth-order valence-electron chi connectivity index (χ4n) is 1.96. The number of carbonyl (C=O) groups is 1. The van der Waals surface area contributed by atoms with Crippen LogP contribution in [0.5, 0.6) is 5.88 Å². The Hall–Kier alpha value is -2.07. The Labute approximate surface area is 122 Å². The van der Waals surface area contributed by atoms with Gasteiger partial charge >= 0.3 is 5.97 Å². The summed E-state index contributed by atoms with van der Waals surface area (Å²) in [4.78, 5) is 15.5. The van der Waals surface area contributed by atoms with Gasteiger partial charge in [0.1, 0.15) is 0 Å². The smallest absolute Gasteiger partial charge is 0.311 e. The third-order valence-corrected chi connectivity index (χ3v) is 3.27. The molecule has 0 aliphatic heterocycles. The highest BCUT2D eigenvalue weighted by atomic mass is 35.5. The van der Waals surface area contributed by atoms with E-state index in [0.29, 0.717) is 22.9 Å². The summed E-state index contributed by atoms with van der Waals surface area (Å²) in [6.45, 7) is 0. The molecule has 104 valence electrons. The van der Waals surface area contributed by atoms with E-state index in [0.717, 1.165) is 5.56 Å². The highest BCUT2D eigenvalue weighted by Crippen LogP contribution is 2.24. The van der Waals surface area contributed by atoms with Crippen LogP contribution in [0.2, 0.25) is 5.02 Å². The second-order valence-corrected chi connectivity index (χ2v) is 4.79. The van der Waals surface area contributed by atoms with Crippen molar-refractivity contribution in [2.45, 2.75) is 12.3 Å². The van der Waals surface area contributed by atoms with E-state index in [4.69, 9.17) is 16.3 Å². The molecule has 4 nitrogen and oxygen atoms in total. The number of aromatic nitrogens is 1. The third-order valence-electron chi connectivity index (χ3n) is 3.02. The number of pyridine rings is 1. The molecule has 0 bridgehead atoms. The quantitative estimate of drug-likeness (QED) is 0.919. The number of aliphatic carboxylic acids is 1. The Bertz CT molecular complexity index is 598. The zero-order chi connectivity index (χ0) is 14.5. The minimum Gasteiger partial charge on any atom is -0.481 e. The van der Waals surface area contributed by atoms with E-state index < -0.39 is 11.9 Å². The number of hydrogen-bond acceptors (Lipinski definition) is 3. The van der Waals surface area contributed by atoms with E-state index in [-0.39, 0.29) is 0 Å². The Morgan fingerprint density at radius 2 is 2.05 bits per heavy atom. The van der Waals surface area contributed by atoms with Crippen LogP contribution in [-0.2, 0) is 11.2 Å². The lowest BCUT2D eigenvalue weighted by atomic mass is 9.93. The molecule has 1 atom stereocenters. The molecule has 2 rings (SSSR count). The van der Waals surface area contributed by atoms with Gasteiger partial charge in [0.05, 0.1) is 13.0 Å². The van der Waals surface area contributed by atoms with Crippen molar-refractivity contribution in [2.75, 3.05) is 7.11 Å². The van der Waals surface area contributed by atoms with E-state index in [1.165, 1.54) is 7.11 Å². The molecule has 0 fully saturated rings. The third kappa shape index (κ3) is 3.48. The van der Waals surface area contributed by atoms with Crippen molar-refractivity contribution in [1.82, 2.24) is 4.98 Å². The summed E-state index contributed by atoms with van der Waals surface area (Å²) in [5.74, 6) is -1.12. The first-order valence-electron chi connectivity index (χ1n) is 6.07. The molecule has 0 aliphatic carbocycles. The maximum absolute atomic E-state index is 11.5. The zero-order valence-corrected chi connectivity index (χ0v) is 11.7. The van der Waals surface area contributed by atoms with Crippen molar-refractivity contribution in [2.24, 2.45) is 0 Å². The highest BCUT2D eigenvalue weighted by molar-refractivity contribution is 6.30. The van der Waals surface area contributed by atoms with Gasteiger partial charge in [-0.15, -0.1) is 0 Å². The molecular formula is C15H14ClNO3. The van der Waals surface area contributed by atoms with Crippen LogP contribution in [0.3, 0.4) is 0 Å². The van der Waals surface area contributed by atoms with Gasteiger partial charge in [0, 0.05) is 17.3 Å². The summed E-state index contributed by atoms with van der Waals surface area (Å²) < 4.78 is 5.03. The molecule has 2 aromatic rings. The molecular weight excluding hydrogens is 278 g/mol. The number of rotatable bonds is 5. The Balaban J connectivity index is 2.26. The van der Waals surface area contributed by atoms with Crippen molar-refractivity contribution in [3.63, 3.8) is 0 Å². The maximum atomic E-state index is 11.5. The van der Waals surface area contributed by atoms with Crippen LogP contribution in [0.25, 0.3) is 0 Å². The molecule has 0 radical (unpaired) electrons. The molecule has 1 N–H and O–H groups in total. The van der Waals surface area contributed by atoms with Crippen LogP contribution in [0.4, 0.5) is 0 Å². The number of carboxylic acids is 1. The average molecular weight is 292 g/mol. The van der Waals surface area contributed by atoms with Crippen LogP contribution in [0.15, 0.2) is 42.6 Å². The number of benzene rings is 1. The van der Waals surface area contributed by atoms with E-state index in [1.807, 2.05) is 12.1 Å². The molecule has 0 spiro atoms. The lowest BCUT2D eigenvalue weighted by Crippen LogP contribution is -2.14. The molecule has 1 unspecified atom stereocenters. The second kappa shape index (κ2) is 6.39. The van der Waals surface area contributed by atoms with Gasteiger partial charge in [-0.05, 0) is 35.7 Å². The second-order valence-electron chi connectivity index (χ2n) is 4.35. The van der Waals surface area contributed by atoms with Crippen molar-refractivity contribution in [1.29, 1.82) is 0 Å². The SMILES string of the molecule is COc1cc(C(Cc2ccc(Cl)cc2)C(=O)O)ccn1. The van der Waals surface area contributed by atoms with Crippen molar-refractivity contribution in [3.05, 3.63) is 58.7 Å². The Morgan fingerprint density at radius 1 is 1.35 bits per heavy atom. The number of hydrogen-bond donors (Lipinski definition) is 1. The highest BCUT2D eigenvalue weighted by Gasteiger charge is 2.21. The van der Waals surface area contributed by atoms with Gasteiger partial charge in [0.2, 0.25) is 5.88 Å². The van der Waals surface area contributed by atoms with E-state index in [9.17, 15) is 9.90 Å². The normalized spacial score (nSPS) is 11.9. The van der Waals surface area contributed by atoms with Gasteiger partial charge in [-0.3, -0.25) is 4.79 Å². The first-order chi connectivity index (χ1) is 9.60. The molecule has 1 aromatic carbocycles. The Morgan fingerprint density at radius 3 is 2.65 bits per heavy atom. The fraction of sp³-hybridized carbons (Fsp3) is 0.200. The average Bonchev–Trinajstić information content (AvgIpc) is 2.46. The predicted octanol–water partition coefficient (Wildman–Crippen LogP) is 3.15. The zero-order valence-electron chi connectivity index (χ0n) is 10.9. The first-order valence-corrected chi connectivity index (χ1v) is 6.45. The van der Waals surface area contributed by atoms with Crippen LogP contribution in [-0.4, -0.2) is 23.2 Å². The van der Waals surface area contributed by atoms with E-state index >= 15 is 0 Å². The summed E-state index contributed by atoms with van der Waals surface area (Å²) in [5.41, 5.74) is 1.58. The van der Waals surface area contributed by atoms with Crippen LogP contribution in [0, 0.1) is 0 Å². The van der Waals surface area contributed by atoms with Gasteiger partial charge in [-0.1, -0.05) is 23.7 Å². The van der Waals surface area contributed by atoms with Crippen molar-refractivity contribution in [3.8, 4) is 5.88 Å². The van der Waals surface area contributed by atoms with Gasteiger partial charge in [0.15, 0.2) is 0 Å². The first kappa shape index (κ1) is 14.3. The monoisotopic (exact) mass is 291 g/mol. The van der Waals surface area contributed by atoms with E-state index in [2.05, 4.69) is 4.98 Å². The Kier molecular flexibility index (Phi) is 4.58. The summed E-state index contributed by atoms with van der Waals surface area (Å²) >= 11 is 5.83. The lowest BCUT2D eigenvalue weighted by molar-refractivity contribution is -0.138. The summed E-state index contributed by atoms with van der Waals surface area (Å²) in [6, 6.07) is 10.5. The van der Waals surface area contributed by atoms with Crippen molar-refractivity contribution < 1.29 is 14.6 Å². The largest absolute Gasteiger partial charge is 0.481 e. The standard InChI is InChI=1S/C15H14ClNO3/c1-20-14-9-11(6-7-17-14)13(15(18)19)8-10-2-4-12(16)5-3-10/h2-7,9,13H,8H2,1H3,(H,18,19). The summed E-state index contributed by atoms with van der Waals surface area (Å²) in [7, 11) is 1.50. The number of halogens is 1. The molecule has 5 heteroatoms. The number of methoxy groups -OCH3 is 1. The van der Waals surface area contributed by atoms with Gasteiger partial charge in [0.25, 0.3) is 0 Å². The maximum Gasteiger partial charge on any atom is 0.311 e. The van der Waals surface area contributed by atoms with E-state index in [1.54, 1.807) is 30.5 Å². The topological polar surface area (TPSA) is 59.4 Å². The van der Waals surface area contributed by atoms with Gasteiger partial charge < -0.3 is 9.84 Å². The summed E-state index contributed by atoms with van der Waals surface area (Å²) in [5, 5.41) is 10.0. The molecule has 1 heterocycles. The molecule has 0 saturated heterocycles. The molecule has 1 aromatic heterocycles. The molecule has 0 saturated carbocycles. The number of carboxylic acid groups (broad SMARTS) is 1. The number of ether oxygens (including phenoxy) is 1.